The van der Waals surface area contributed by atoms with Crippen LogP contribution in [-0.2, 0) is 14.3 Å². The third-order valence-electron chi connectivity index (χ3n) is 3.14. The van der Waals surface area contributed by atoms with Crippen LogP contribution in [0.15, 0.2) is 12.1 Å². The molecule has 0 radical (unpaired) electrons. The number of hydrogen-bond donors (Lipinski definition) is 2. The molecule has 2 N–H and O–H groups in total. The summed E-state index contributed by atoms with van der Waals surface area (Å²) in [6, 6.07) is 5.02. The van der Waals surface area contributed by atoms with Gasteiger partial charge in [-0.15, -0.1) is 0 Å². The molecule has 1 aromatic rings. The van der Waals surface area contributed by atoms with E-state index < -0.39 is 0 Å². The quantitative estimate of drug-likeness (QED) is 0.653. The minimum absolute atomic E-state index is 0.104. The monoisotopic (exact) mass is 335 g/mol. The molecule has 1 aromatic carbocycles. The van der Waals surface area contributed by atoms with Crippen LogP contribution in [0.2, 0.25) is 0 Å². The maximum absolute atomic E-state index is 11.9. The van der Waals surface area contributed by atoms with Crippen LogP contribution in [0.4, 0.5) is 5.69 Å². The first-order valence-corrected chi connectivity index (χ1v) is 7.30. The SMILES string of the molecule is CNC(=O)CCOCCC(=O)Nc1cc(OC)c(OC)cc1C#N. The molecule has 0 unspecified atom stereocenters. The zero-order valence-corrected chi connectivity index (χ0v) is 14.0. The van der Waals surface area contributed by atoms with E-state index in [4.69, 9.17) is 14.2 Å². The minimum atomic E-state index is -0.307. The summed E-state index contributed by atoms with van der Waals surface area (Å²) < 4.78 is 15.5. The van der Waals surface area contributed by atoms with Crippen LogP contribution >= 0.6 is 0 Å². The van der Waals surface area contributed by atoms with E-state index in [1.54, 1.807) is 7.05 Å². The average Bonchev–Trinajstić information content (AvgIpc) is 2.60. The molecule has 0 aromatic heterocycles. The molecule has 2 amide bonds. The number of ether oxygens (including phenoxy) is 3. The van der Waals surface area contributed by atoms with Gasteiger partial charge in [-0.3, -0.25) is 9.59 Å². The van der Waals surface area contributed by atoms with Crippen LogP contribution in [0.3, 0.4) is 0 Å². The highest BCUT2D eigenvalue weighted by molar-refractivity contribution is 5.92. The van der Waals surface area contributed by atoms with Gasteiger partial charge in [-0.05, 0) is 0 Å². The lowest BCUT2D eigenvalue weighted by molar-refractivity contribution is -0.121. The van der Waals surface area contributed by atoms with Crippen LogP contribution in [0, 0.1) is 11.3 Å². The first-order valence-electron chi connectivity index (χ1n) is 7.30. The molecule has 0 saturated heterocycles. The molecule has 0 heterocycles. The van der Waals surface area contributed by atoms with Crippen molar-refractivity contribution in [3.05, 3.63) is 17.7 Å². The lowest BCUT2D eigenvalue weighted by atomic mass is 10.1. The number of hydrogen-bond acceptors (Lipinski definition) is 6. The lowest BCUT2D eigenvalue weighted by Crippen LogP contribution is -2.20. The van der Waals surface area contributed by atoms with Crippen LogP contribution in [0.1, 0.15) is 18.4 Å². The summed E-state index contributed by atoms with van der Waals surface area (Å²) in [7, 11) is 4.48. The minimum Gasteiger partial charge on any atom is -0.493 e. The number of carbonyl (C=O) groups excluding carboxylic acids is 2. The maximum Gasteiger partial charge on any atom is 0.226 e. The van der Waals surface area contributed by atoms with E-state index in [9.17, 15) is 14.9 Å². The number of rotatable bonds is 9. The standard InChI is InChI=1S/C16H21N3O5/c1-18-15(20)4-6-24-7-5-16(21)19-12-9-14(23-3)13(22-2)8-11(12)10-17/h8-9H,4-7H2,1-3H3,(H,18,20)(H,19,21). The summed E-state index contributed by atoms with van der Waals surface area (Å²) >= 11 is 0. The average molecular weight is 335 g/mol. The summed E-state index contributed by atoms with van der Waals surface area (Å²) in [6.45, 7) is 0.421. The third kappa shape index (κ3) is 5.78. The van der Waals surface area contributed by atoms with Crippen molar-refractivity contribution in [2.75, 3.05) is 39.8 Å². The highest BCUT2D eigenvalue weighted by Crippen LogP contribution is 2.33. The number of nitriles is 1. The van der Waals surface area contributed by atoms with E-state index in [1.165, 1.54) is 26.4 Å². The van der Waals surface area contributed by atoms with Crippen molar-refractivity contribution in [1.29, 1.82) is 5.26 Å². The van der Waals surface area contributed by atoms with Crippen molar-refractivity contribution in [3.8, 4) is 17.6 Å². The van der Waals surface area contributed by atoms with E-state index >= 15 is 0 Å². The van der Waals surface area contributed by atoms with Crippen molar-refractivity contribution in [3.63, 3.8) is 0 Å². The molecule has 0 aliphatic rings. The van der Waals surface area contributed by atoms with Crippen LogP contribution in [-0.4, -0.2) is 46.3 Å². The van der Waals surface area contributed by atoms with Gasteiger partial charge in [0.15, 0.2) is 11.5 Å². The van der Waals surface area contributed by atoms with Gasteiger partial charge in [-0.1, -0.05) is 0 Å². The first kappa shape index (κ1) is 19.3. The largest absolute Gasteiger partial charge is 0.493 e. The highest BCUT2D eigenvalue weighted by Gasteiger charge is 2.13. The molecular formula is C16H21N3O5. The Morgan fingerprint density at radius 3 is 2.21 bits per heavy atom. The van der Waals surface area contributed by atoms with Crippen molar-refractivity contribution in [2.45, 2.75) is 12.8 Å². The number of nitrogens with zero attached hydrogens (tertiary/aromatic N) is 1. The van der Waals surface area contributed by atoms with E-state index in [1.807, 2.05) is 6.07 Å². The summed E-state index contributed by atoms with van der Waals surface area (Å²) in [4.78, 5) is 22.9. The van der Waals surface area contributed by atoms with Crippen LogP contribution in [0.25, 0.3) is 0 Å². The fourth-order valence-corrected chi connectivity index (χ4v) is 1.84. The Bertz CT molecular complexity index is 625. The predicted molar refractivity (Wildman–Crippen MR) is 87.0 cm³/mol. The van der Waals surface area contributed by atoms with Gasteiger partial charge < -0.3 is 24.8 Å². The van der Waals surface area contributed by atoms with Gasteiger partial charge in [-0.25, -0.2) is 0 Å². The fourth-order valence-electron chi connectivity index (χ4n) is 1.84. The molecule has 1 rings (SSSR count). The number of nitrogens with one attached hydrogen (secondary N) is 2. The highest BCUT2D eigenvalue weighted by atomic mass is 16.5. The van der Waals surface area contributed by atoms with E-state index in [0.29, 0.717) is 17.2 Å². The molecule has 0 bridgehead atoms. The first-order chi connectivity index (χ1) is 11.5. The molecule has 0 aliphatic heterocycles. The molecule has 0 saturated carbocycles. The molecule has 130 valence electrons. The van der Waals surface area contributed by atoms with Gasteiger partial charge in [0.1, 0.15) is 6.07 Å². The Hall–Kier alpha value is -2.79. The molecular weight excluding hydrogens is 314 g/mol. The summed E-state index contributed by atoms with van der Waals surface area (Å²) in [6.07, 6.45) is 0.347. The Kier molecular flexibility index (Phi) is 8.08. The van der Waals surface area contributed by atoms with E-state index in [2.05, 4.69) is 10.6 Å². The zero-order valence-electron chi connectivity index (χ0n) is 14.0. The van der Waals surface area contributed by atoms with E-state index in [-0.39, 0.29) is 43.4 Å². The molecule has 0 atom stereocenters. The predicted octanol–water partition coefficient (Wildman–Crippen LogP) is 1.06. The number of carbonyl (C=O) groups is 2. The summed E-state index contributed by atoms with van der Waals surface area (Å²) in [5.74, 6) is 0.389. The second-order valence-electron chi connectivity index (χ2n) is 4.70. The van der Waals surface area contributed by atoms with Crippen molar-refractivity contribution in [1.82, 2.24) is 5.32 Å². The second-order valence-corrected chi connectivity index (χ2v) is 4.70. The molecule has 8 heteroatoms. The van der Waals surface area contributed by atoms with Gasteiger partial charge >= 0.3 is 0 Å². The van der Waals surface area contributed by atoms with Crippen molar-refractivity contribution < 1.29 is 23.8 Å². The number of benzene rings is 1. The van der Waals surface area contributed by atoms with Gasteiger partial charge in [0, 0.05) is 25.6 Å². The number of amides is 2. The molecule has 0 aliphatic carbocycles. The van der Waals surface area contributed by atoms with E-state index in [0.717, 1.165) is 0 Å². The lowest BCUT2D eigenvalue weighted by Gasteiger charge is -2.12. The normalized spacial score (nSPS) is 9.75. The summed E-state index contributed by atoms with van der Waals surface area (Å²) in [5.41, 5.74) is 0.604. The molecule has 8 nitrogen and oxygen atoms in total. The van der Waals surface area contributed by atoms with Gasteiger partial charge in [0.2, 0.25) is 11.8 Å². The van der Waals surface area contributed by atoms with Gasteiger partial charge in [0.05, 0.1) is 45.1 Å². The van der Waals surface area contributed by atoms with Crippen molar-refractivity contribution in [2.24, 2.45) is 0 Å². The molecule has 24 heavy (non-hydrogen) atoms. The Morgan fingerprint density at radius 1 is 1.08 bits per heavy atom. The van der Waals surface area contributed by atoms with Crippen LogP contribution in [0.5, 0.6) is 11.5 Å². The zero-order chi connectivity index (χ0) is 17.9. The smallest absolute Gasteiger partial charge is 0.226 e. The van der Waals surface area contributed by atoms with Gasteiger partial charge in [0.25, 0.3) is 0 Å². The Labute approximate surface area is 140 Å². The molecule has 0 spiro atoms. The number of methoxy groups -OCH3 is 2. The maximum atomic E-state index is 11.9. The fraction of sp³-hybridized carbons (Fsp3) is 0.438. The summed E-state index contributed by atoms with van der Waals surface area (Å²) in [5, 5.41) is 14.3. The van der Waals surface area contributed by atoms with Crippen molar-refractivity contribution >= 4 is 17.5 Å². The Balaban J connectivity index is 2.57. The topological polar surface area (TPSA) is 110 Å². The number of anilines is 1. The van der Waals surface area contributed by atoms with Crippen LogP contribution < -0.4 is 20.1 Å². The third-order valence-corrected chi connectivity index (χ3v) is 3.14. The van der Waals surface area contributed by atoms with Gasteiger partial charge in [-0.2, -0.15) is 5.26 Å². The molecule has 0 fully saturated rings. The second kappa shape index (κ2) is 10.1. The Morgan fingerprint density at radius 2 is 1.67 bits per heavy atom.